The molecular formula is C44H24BF36O4-. The van der Waals surface area contributed by atoms with Gasteiger partial charge >= 0.3 is 74.1 Å². The van der Waals surface area contributed by atoms with Crippen LogP contribution in [0.1, 0.15) is 44.5 Å². The van der Waals surface area contributed by atoms with E-state index in [9.17, 15) is 0 Å². The van der Waals surface area contributed by atoms with Crippen molar-refractivity contribution in [2.45, 2.75) is 96.5 Å². The van der Waals surface area contributed by atoms with Crippen LogP contribution in [0.3, 0.4) is 0 Å². The van der Waals surface area contributed by atoms with E-state index in [2.05, 4.69) is 18.9 Å². The molecule has 0 saturated heterocycles. The summed E-state index contributed by atoms with van der Waals surface area (Å²) in [4.78, 5) is 0. The van der Waals surface area contributed by atoms with Gasteiger partial charge in [-0.1, -0.05) is 48.5 Å². The number of halogens is 36. The Kier molecular flexibility index (Phi) is 17.9. The van der Waals surface area contributed by atoms with Crippen molar-refractivity contribution in [3.05, 3.63) is 117 Å². The Bertz CT molecular complexity index is 2600. The van der Waals surface area contributed by atoms with Crippen LogP contribution in [0.25, 0.3) is 0 Å². The number of ether oxygens (including phenoxy) is 4. The average molecular weight is 1310 g/mol. The van der Waals surface area contributed by atoms with Gasteiger partial charge in [0, 0.05) is 28.4 Å². The predicted octanol–water partition coefficient (Wildman–Crippen LogP) is 15.0. The zero-order valence-electron chi connectivity index (χ0n) is 40.7. The maximum atomic E-state index is 15.2. The van der Waals surface area contributed by atoms with Crippen molar-refractivity contribution in [2.75, 3.05) is 28.4 Å². The minimum absolute atomic E-state index is 0.785. The second-order valence-electron chi connectivity index (χ2n) is 17.8. The molecule has 480 valence electrons. The van der Waals surface area contributed by atoms with Gasteiger partial charge in [0.1, 0.15) is 6.15 Å². The van der Waals surface area contributed by atoms with Gasteiger partial charge in [0.05, 0.1) is 22.3 Å². The first-order valence-corrected chi connectivity index (χ1v) is 21.3. The van der Waals surface area contributed by atoms with E-state index in [4.69, 9.17) is 0 Å². The summed E-state index contributed by atoms with van der Waals surface area (Å²) in [5.41, 5.74) is -68.0. The Morgan fingerprint density at radius 2 is 0.318 bits per heavy atom. The fourth-order valence-electron chi connectivity index (χ4n) is 9.58. The molecule has 0 heterocycles. The molecule has 4 nitrogen and oxygen atoms in total. The lowest BCUT2D eigenvalue weighted by atomic mass is 9.12. The second-order valence-corrected chi connectivity index (χ2v) is 17.8. The van der Waals surface area contributed by atoms with Gasteiger partial charge in [-0.25, -0.2) is 0 Å². The Hall–Kier alpha value is -5.74. The molecule has 0 fully saturated rings. The molecule has 0 spiro atoms. The molecule has 4 aromatic rings. The van der Waals surface area contributed by atoms with Crippen LogP contribution in [0, 0.1) is 0 Å². The monoisotopic (exact) mass is 1310 g/mol. The minimum Gasteiger partial charge on any atom is -0.357 e. The van der Waals surface area contributed by atoms with E-state index in [0.29, 0.717) is 0 Å². The summed E-state index contributed by atoms with van der Waals surface area (Å²) in [6.45, 7) is 0. The van der Waals surface area contributed by atoms with Crippen molar-refractivity contribution in [3.8, 4) is 0 Å². The first-order chi connectivity index (χ1) is 37.5. The highest BCUT2D eigenvalue weighted by molar-refractivity contribution is 7.20. The number of hydrogen-bond acceptors (Lipinski definition) is 4. The molecule has 0 atom stereocenters. The Labute approximate surface area is 447 Å². The fraction of sp³-hybridized carbons (Fsp3) is 0.455. The van der Waals surface area contributed by atoms with Crippen LogP contribution in [-0.2, 0) is 66.1 Å². The molecule has 0 aliphatic carbocycles. The summed E-state index contributed by atoms with van der Waals surface area (Å²) in [6, 6.07) is -17.6. The van der Waals surface area contributed by atoms with E-state index in [1.807, 2.05) is 0 Å². The first kappa shape index (κ1) is 71.7. The van der Waals surface area contributed by atoms with Crippen molar-refractivity contribution in [1.29, 1.82) is 0 Å². The SMILES string of the molecule is COC(c1cc([B-](c2cc(C(F)(F)F)cc(C(OC)(C(F)(F)F)C(F)(F)F)c2)(c2cc(C(F)(F)F)cc(C(OC)(C(F)(F)F)C(F)(F)F)c2)c2cc(C(F)(F)F)cc(C(OC)(C(F)(F)F)C(F)(F)F)c2)cc(C(F)(F)F)c1)(C(F)(F)F)C(F)(F)F. The zero-order valence-corrected chi connectivity index (χ0v) is 40.7. The Morgan fingerprint density at radius 3 is 0.412 bits per heavy atom. The van der Waals surface area contributed by atoms with E-state index in [1.165, 1.54) is 0 Å². The quantitative estimate of drug-likeness (QED) is 0.105. The van der Waals surface area contributed by atoms with Crippen LogP contribution in [0.2, 0.25) is 0 Å². The summed E-state index contributed by atoms with van der Waals surface area (Å²) in [6.07, 6.45) is -95.4. The first-order valence-electron chi connectivity index (χ1n) is 21.3. The van der Waals surface area contributed by atoms with E-state index < -0.39 is 270 Å². The van der Waals surface area contributed by atoms with Gasteiger partial charge in [-0.2, -0.15) is 180 Å². The van der Waals surface area contributed by atoms with E-state index in [-0.39, 0.29) is 0 Å². The Morgan fingerprint density at radius 1 is 0.200 bits per heavy atom. The topological polar surface area (TPSA) is 36.9 Å². The molecule has 0 bridgehead atoms. The predicted molar refractivity (Wildman–Crippen MR) is 213 cm³/mol. The summed E-state index contributed by atoms with van der Waals surface area (Å²) in [5.74, 6) is 0. The molecule has 4 aromatic carbocycles. The van der Waals surface area contributed by atoms with Gasteiger partial charge in [-0.15, -0.1) is 0 Å². The Balaban J connectivity index is 3.04. The molecule has 41 heteroatoms. The molecule has 85 heavy (non-hydrogen) atoms. The van der Waals surface area contributed by atoms with Gasteiger partial charge in [0.25, 0.3) is 22.4 Å². The van der Waals surface area contributed by atoms with Crippen molar-refractivity contribution in [3.63, 3.8) is 0 Å². The normalized spacial score (nSPS) is 15.2. The maximum absolute atomic E-state index is 15.2. The third-order valence-electron chi connectivity index (χ3n) is 13.2. The molecule has 0 radical (unpaired) electrons. The van der Waals surface area contributed by atoms with Gasteiger partial charge in [0.2, 0.25) is 0 Å². The number of benzene rings is 4. The van der Waals surface area contributed by atoms with E-state index in [0.717, 1.165) is 0 Å². The largest absolute Gasteiger partial charge is 0.430 e. The smallest absolute Gasteiger partial charge is 0.357 e. The van der Waals surface area contributed by atoms with Crippen LogP contribution >= 0.6 is 0 Å². The van der Waals surface area contributed by atoms with Gasteiger partial charge < -0.3 is 18.9 Å². The third-order valence-corrected chi connectivity index (χ3v) is 13.2. The van der Waals surface area contributed by atoms with E-state index in [1.54, 1.807) is 0 Å². The van der Waals surface area contributed by atoms with Crippen LogP contribution in [0.4, 0.5) is 158 Å². The van der Waals surface area contributed by atoms with Crippen LogP contribution in [-0.4, -0.2) is 84.0 Å². The fourth-order valence-corrected chi connectivity index (χ4v) is 9.58. The summed E-state index contributed by atoms with van der Waals surface area (Å²) in [7, 11) is -3.14. The minimum atomic E-state index is -7.54. The van der Waals surface area contributed by atoms with Gasteiger partial charge in [-0.3, -0.25) is 0 Å². The highest BCUT2D eigenvalue weighted by Crippen LogP contribution is 2.58. The molecule has 0 aliphatic heterocycles. The molecular weight excluding hydrogens is 1290 g/mol. The summed E-state index contributed by atoms with van der Waals surface area (Å²) in [5, 5.41) is 0. The lowest BCUT2D eigenvalue weighted by molar-refractivity contribution is -0.384. The highest BCUT2D eigenvalue weighted by atomic mass is 19.5. The highest BCUT2D eigenvalue weighted by Gasteiger charge is 2.77. The average Bonchev–Trinajstić information content (AvgIpc) is 0.723. The molecule has 0 N–H and O–H groups in total. The summed E-state index contributed by atoms with van der Waals surface area (Å²) < 4.78 is 559. The second kappa shape index (κ2) is 21.3. The number of methoxy groups -OCH3 is 4. The van der Waals surface area contributed by atoms with E-state index >= 15 is 158 Å². The molecule has 0 aliphatic rings. The van der Waals surface area contributed by atoms with Crippen LogP contribution in [0.5, 0.6) is 0 Å². The lowest BCUT2D eigenvalue weighted by Crippen LogP contribution is -2.76. The maximum Gasteiger partial charge on any atom is 0.430 e. The third kappa shape index (κ3) is 11.6. The van der Waals surface area contributed by atoms with Crippen LogP contribution in [0.15, 0.2) is 72.8 Å². The van der Waals surface area contributed by atoms with Crippen molar-refractivity contribution >= 4 is 28.0 Å². The number of alkyl halides is 36. The van der Waals surface area contributed by atoms with Crippen LogP contribution < -0.4 is 21.9 Å². The molecule has 4 rings (SSSR count). The van der Waals surface area contributed by atoms with Gasteiger partial charge in [-0.05, 0) is 46.5 Å². The number of hydrogen-bond donors (Lipinski definition) is 0. The summed E-state index contributed by atoms with van der Waals surface area (Å²) >= 11 is 0. The molecule has 0 amide bonds. The molecule has 0 aromatic heterocycles. The van der Waals surface area contributed by atoms with Crippen molar-refractivity contribution in [2.24, 2.45) is 0 Å². The van der Waals surface area contributed by atoms with Crippen molar-refractivity contribution < 1.29 is 177 Å². The number of rotatable bonds is 12. The molecule has 0 saturated carbocycles. The van der Waals surface area contributed by atoms with Gasteiger partial charge in [0.15, 0.2) is 0 Å². The zero-order chi connectivity index (χ0) is 66.7. The molecule has 0 unspecified atom stereocenters. The lowest BCUT2D eigenvalue weighted by Gasteiger charge is -2.48. The van der Waals surface area contributed by atoms with Crippen molar-refractivity contribution in [1.82, 2.24) is 0 Å². The standard InChI is InChI=1S/C44H24BF36O4/c1-82-29(37(58,59)60,38(61,62)63)17-5-21(33(46,47)48)13-25(9-17)45(26-10-18(6-22(14-26)34(49,50)51)30(83-2,39(64,65)66)40(67,68)69,27-11-19(7-23(15-27)35(52,53)54)31(84-3,41(70,71)72)42(73,74)75)28-12-20(8-24(16-28)36(55,56)57)32(85-4,43(76,77)78)44(79,80)81/h5-16H,1-4H3/q-1.